The molecular formula is C16H22O3. The topological polar surface area (TPSA) is 38.7 Å². The molecule has 0 saturated carbocycles. The van der Waals surface area contributed by atoms with Gasteiger partial charge in [0.2, 0.25) is 0 Å². The minimum Gasteiger partial charge on any atom is -0.493 e. The summed E-state index contributed by atoms with van der Waals surface area (Å²) in [5.74, 6) is 1.71. The monoisotopic (exact) mass is 262 g/mol. The Hall–Kier alpha value is -1.06. The van der Waals surface area contributed by atoms with Crippen LogP contribution in [0.5, 0.6) is 5.75 Å². The molecule has 0 aromatic heterocycles. The molecule has 3 nitrogen and oxygen atoms in total. The molecule has 1 N–H and O–H groups in total. The molecule has 0 bridgehead atoms. The minimum atomic E-state index is -0.0134. The number of aliphatic hydroxyl groups excluding tert-OH is 1. The number of aliphatic hydroxyl groups is 1. The average molecular weight is 262 g/mol. The third kappa shape index (κ3) is 1.96. The van der Waals surface area contributed by atoms with E-state index in [1.807, 2.05) is 0 Å². The lowest BCUT2D eigenvalue weighted by atomic mass is 9.65. The molecule has 3 rings (SSSR count). The molecule has 0 aliphatic carbocycles. The highest BCUT2D eigenvalue weighted by molar-refractivity contribution is 5.43. The highest BCUT2D eigenvalue weighted by Crippen LogP contribution is 2.44. The predicted molar refractivity (Wildman–Crippen MR) is 73.6 cm³/mol. The van der Waals surface area contributed by atoms with Gasteiger partial charge < -0.3 is 14.6 Å². The number of fused-ring (bicyclic) bond motifs is 1. The molecule has 1 atom stereocenters. The third-order valence-electron chi connectivity index (χ3n) is 4.69. The van der Waals surface area contributed by atoms with Crippen LogP contribution in [0.3, 0.4) is 0 Å². The van der Waals surface area contributed by atoms with E-state index in [0.29, 0.717) is 5.92 Å². The van der Waals surface area contributed by atoms with E-state index in [4.69, 9.17) is 9.47 Å². The van der Waals surface area contributed by atoms with E-state index < -0.39 is 0 Å². The Bertz CT molecular complexity index is 463. The van der Waals surface area contributed by atoms with Crippen LogP contribution in [-0.4, -0.2) is 31.5 Å². The lowest BCUT2D eigenvalue weighted by Gasteiger charge is -2.49. The molecule has 1 saturated heterocycles. The van der Waals surface area contributed by atoms with Crippen molar-refractivity contribution in [3.63, 3.8) is 0 Å². The Morgan fingerprint density at radius 3 is 2.68 bits per heavy atom. The van der Waals surface area contributed by atoms with Crippen molar-refractivity contribution < 1.29 is 14.6 Å². The van der Waals surface area contributed by atoms with Crippen molar-refractivity contribution in [2.75, 3.05) is 26.4 Å². The van der Waals surface area contributed by atoms with E-state index in [0.717, 1.165) is 32.0 Å². The van der Waals surface area contributed by atoms with Gasteiger partial charge in [-0.3, -0.25) is 0 Å². The normalized spacial score (nSPS) is 21.7. The maximum absolute atomic E-state index is 9.77. The Balaban J connectivity index is 1.97. The van der Waals surface area contributed by atoms with E-state index >= 15 is 0 Å². The fourth-order valence-electron chi connectivity index (χ4n) is 3.44. The summed E-state index contributed by atoms with van der Waals surface area (Å²) in [4.78, 5) is 0. The summed E-state index contributed by atoms with van der Waals surface area (Å²) >= 11 is 0. The molecular weight excluding hydrogens is 240 g/mol. The molecule has 104 valence electrons. The van der Waals surface area contributed by atoms with Gasteiger partial charge in [0.1, 0.15) is 5.75 Å². The van der Waals surface area contributed by atoms with Crippen LogP contribution in [0.4, 0.5) is 0 Å². The predicted octanol–water partition coefficient (Wildman–Crippen LogP) is 2.15. The van der Waals surface area contributed by atoms with Crippen molar-refractivity contribution in [1.29, 1.82) is 0 Å². The number of benzene rings is 1. The molecule has 0 spiro atoms. The van der Waals surface area contributed by atoms with Gasteiger partial charge in [-0.1, -0.05) is 26.0 Å². The molecule has 2 aliphatic rings. The summed E-state index contributed by atoms with van der Waals surface area (Å²) in [5.41, 5.74) is 2.58. The summed E-state index contributed by atoms with van der Waals surface area (Å²) in [6, 6.07) is 6.49. The van der Waals surface area contributed by atoms with E-state index in [1.54, 1.807) is 0 Å². The highest BCUT2D eigenvalue weighted by atomic mass is 16.5. The standard InChI is InChI=1S/C16H22O3/c1-11(2)14(8-17)16(9-18-10-16)13-3-4-15-12(7-13)5-6-19-15/h3-4,7,11,14,17H,5-6,8-10H2,1-2H3. The molecule has 2 heterocycles. The first-order valence-corrected chi connectivity index (χ1v) is 7.12. The molecule has 1 aromatic carbocycles. The fourth-order valence-corrected chi connectivity index (χ4v) is 3.44. The Labute approximate surface area is 114 Å². The minimum absolute atomic E-state index is 0.0134. The van der Waals surface area contributed by atoms with Crippen molar-refractivity contribution in [2.24, 2.45) is 11.8 Å². The van der Waals surface area contributed by atoms with E-state index in [9.17, 15) is 5.11 Å². The lowest BCUT2D eigenvalue weighted by Crippen LogP contribution is -2.55. The smallest absolute Gasteiger partial charge is 0.122 e. The van der Waals surface area contributed by atoms with Gasteiger partial charge in [0, 0.05) is 18.4 Å². The summed E-state index contributed by atoms with van der Waals surface area (Å²) in [6.07, 6.45) is 0.992. The second-order valence-electron chi connectivity index (χ2n) is 6.10. The summed E-state index contributed by atoms with van der Waals surface area (Å²) in [6.45, 7) is 6.80. The van der Waals surface area contributed by atoms with Gasteiger partial charge in [-0.05, 0) is 29.0 Å². The van der Waals surface area contributed by atoms with Crippen molar-refractivity contribution in [3.8, 4) is 5.75 Å². The number of ether oxygens (including phenoxy) is 2. The lowest BCUT2D eigenvalue weighted by molar-refractivity contribution is -0.111. The van der Waals surface area contributed by atoms with Crippen LogP contribution in [0.25, 0.3) is 0 Å². The van der Waals surface area contributed by atoms with Crippen LogP contribution in [-0.2, 0) is 16.6 Å². The van der Waals surface area contributed by atoms with E-state index in [-0.39, 0.29) is 17.9 Å². The van der Waals surface area contributed by atoms with E-state index in [2.05, 4.69) is 32.0 Å². The van der Waals surface area contributed by atoms with Gasteiger partial charge in [0.15, 0.2) is 0 Å². The zero-order valence-electron chi connectivity index (χ0n) is 11.7. The van der Waals surface area contributed by atoms with Crippen LogP contribution >= 0.6 is 0 Å². The van der Waals surface area contributed by atoms with Crippen LogP contribution < -0.4 is 4.74 Å². The second-order valence-corrected chi connectivity index (χ2v) is 6.10. The molecule has 1 aromatic rings. The summed E-state index contributed by atoms with van der Waals surface area (Å²) < 4.78 is 11.1. The van der Waals surface area contributed by atoms with Crippen molar-refractivity contribution in [1.82, 2.24) is 0 Å². The maximum atomic E-state index is 9.77. The summed E-state index contributed by atoms with van der Waals surface area (Å²) in [5, 5.41) is 9.77. The zero-order chi connectivity index (χ0) is 13.5. The second kappa shape index (κ2) is 4.80. The molecule has 3 heteroatoms. The Kier molecular flexibility index (Phi) is 3.27. The maximum Gasteiger partial charge on any atom is 0.122 e. The Morgan fingerprint density at radius 1 is 1.32 bits per heavy atom. The molecule has 1 fully saturated rings. The van der Waals surface area contributed by atoms with Crippen LogP contribution in [0.1, 0.15) is 25.0 Å². The van der Waals surface area contributed by atoms with Gasteiger partial charge in [-0.2, -0.15) is 0 Å². The average Bonchev–Trinajstić information content (AvgIpc) is 2.79. The van der Waals surface area contributed by atoms with Gasteiger partial charge in [0.05, 0.1) is 19.8 Å². The molecule has 0 amide bonds. The van der Waals surface area contributed by atoms with Crippen LogP contribution in [0.2, 0.25) is 0 Å². The summed E-state index contributed by atoms with van der Waals surface area (Å²) in [7, 11) is 0. The zero-order valence-corrected chi connectivity index (χ0v) is 11.7. The quantitative estimate of drug-likeness (QED) is 0.903. The Morgan fingerprint density at radius 2 is 2.11 bits per heavy atom. The largest absolute Gasteiger partial charge is 0.493 e. The SMILES string of the molecule is CC(C)C(CO)C1(c2ccc3c(c2)CCO3)COC1. The van der Waals surface area contributed by atoms with Crippen molar-refractivity contribution in [3.05, 3.63) is 29.3 Å². The van der Waals surface area contributed by atoms with Gasteiger partial charge in [-0.25, -0.2) is 0 Å². The first kappa shape index (κ1) is 12.9. The highest BCUT2D eigenvalue weighted by Gasteiger charge is 2.48. The molecule has 2 aliphatic heterocycles. The molecule has 1 unspecified atom stereocenters. The van der Waals surface area contributed by atoms with Gasteiger partial charge in [0.25, 0.3) is 0 Å². The van der Waals surface area contributed by atoms with Crippen molar-refractivity contribution >= 4 is 0 Å². The number of hydrogen-bond acceptors (Lipinski definition) is 3. The van der Waals surface area contributed by atoms with Crippen molar-refractivity contribution in [2.45, 2.75) is 25.7 Å². The first-order chi connectivity index (χ1) is 9.17. The van der Waals surface area contributed by atoms with Crippen LogP contribution in [0, 0.1) is 11.8 Å². The molecule has 19 heavy (non-hydrogen) atoms. The first-order valence-electron chi connectivity index (χ1n) is 7.12. The fraction of sp³-hybridized carbons (Fsp3) is 0.625. The molecule has 0 radical (unpaired) electrons. The van der Waals surface area contributed by atoms with Crippen LogP contribution in [0.15, 0.2) is 18.2 Å². The van der Waals surface area contributed by atoms with E-state index in [1.165, 1.54) is 11.1 Å². The number of rotatable bonds is 4. The third-order valence-corrected chi connectivity index (χ3v) is 4.69. The van der Waals surface area contributed by atoms with Gasteiger partial charge in [-0.15, -0.1) is 0 Å². The van der Waals surface area contributed by atoms with Gasteiger partial charge >= 0.3 is 0 Å². The number of hydrogen-bond donors (Lipinski definition) is 1.